The van der Waals surface area contributed by atoms with Crippen LogP contribution in [0.3, 0.4) is 0 Å². The number of aryl methyl sites for hydroxylation is 1. The molecule has 20 heavy (non-hydrogen) atoms. The van der Waals surface area contributed by atoms with Crippen molar-refractivity contribution in [3.8, 4) is 0 Å². The molecule has 0 aliphatic heterocycles. The second-order valence-electron chi connectivity index (χ2n) is 4.28. The molecule has 1 aromatic heterocycles. The Morgan fingerprint density at radius 3 is 2.50 bits per heavy atom. The van der Waals surface area contributed by atoms with Crippen LogP contribution in [-0.4, -0.2) is 36.0 Å². The number of carboxylic acids is 1. The molecule has 0 radical (unpaired) electrons. The third kappa shape index (κ3) is 2.89. The van der Waals surface area contributed by atoms with Gasteiger partial charge in [0.15, 0.2) is 0 Å². The number of hydrogen-bond acceptors (Lipinski definition) is 4. The monoisotopic (exact) mass is 299 g/mol. The Labute approximate surface area is 113 Å². The summed E-state index contributed by atoms with van der Waals surface area (Å²) in [7, 11) is -3.82. The van der Waals surface area contributed by atoms with Crippen molar-refractivity contribution in [1.82, 2.24) is 14.7 Å². The Morgan fingerprint density at radius 1 is 1.30 bits per heavy atom. The zero-order valence-electron chi connectivity index (χ0n) is 10.6. The van der Waals surface area contributed by atoms with Crippen molar-refractivity contribution in [3.63, 3.8) is 0 Å². The van der Waals surface area contributed by atoms with Gasteiger partial charge in [-0.05, 0) is 24.6 Å². The summed E-state index contributed by atoms with van der Waals surface area (Å²) in [6.07, 6.45) is -0.304. The molecule has 0 spiro atoms. The smallest absolute Gasteiger partial charge is 0.323 e. The van der Waals surface area contributed by atoms with E-state index in [1.54, 1.807) is 13.0 Å². The van der Waals surface area contributed by atoms with Crippen LogP contribution in [0, 0.1) is 6.92 Å². The van der Waals surface area contributed by atoms with E-state index in [1.807, 2.05) is 0 Å². The molecular formula is C11H13N3O5S. The fourth-order valence-corrected chi connectivity index (χ4v) is 3.11. The predicted octanol–water partition coefficient (Wildman–Crippen LogP) is -0.0824. The number of rotatable bonds is 5. The van der Waals surface area contributed by atoms with Gasteiger partial charge in [-0.15, -0.1) is 0 Å². The van der Waals surface area contributed by atoms with Gasteiger partial charge in [0.2, 0.25) is 10.0 Å². The van der Waals surface area contributed by atoms with E-state index in [4.69, 9.17) is 5.11 Å². The number of aromatic nitrogens is 2. The molecule has 2 aromatic rings. The first-order valence-corrected chi connectivity index (χ1v) is 7.22. The molecule has 8 nitrogen and oxygen atoms in total. The Morgan fingerprint density at radius 2 is 1.90 bits per heavy atom. The molecular weight excluding hydrogens is 286 g/mol. The maximum Gasteiger partial charge on any atom is 0.323 e. The molecule has 0 aliphatic carbocycles. The van der Waals surface area contributed by atoms with E-state index in [0.717, 1.165) is 0 Å². The Bertz CT molecular complexity index is 818. The third-order valence-corrected chi connectivity index (χ3v) is 4.33. The molecule has 2 rings (SSSR count). The van der Waals surface area contributed by atoms with Crippen LogP contribution in [0.25, 0.3) is 11.0 Å². The fraction of sp³-hybridized carbons (Fsp3) is 0.273. The van der Waals surface area contributed by atoms with Crippen molar-refractivity contribution < 1.29 is 18.3 Å². The van der Waals surface area contributed by atoms with Crippen LogP contribution >= 0.6 is 0 Å². The zero-order chi connectivity index (χ0) is 14.9. The number of benzene rings is 1. The molecule has 0 aliphatic rings. The lowest BCUT2D eigenvalue weighted by molar-refractivity contribution is -0.136. The molecule has 4 N–H and O–H groups in total. The molecule has 108 valence electrons. The first kappa shape index (κ1) is 14.3. The molecule has 0 saturated heterocycles. The molecule has 0 bridgehead atoms. The van der Waals surface area contributed by atoms with Crippen molar-refractivity contribution in [1.29, 1.82) is 0 Å². The summed E-state index contributed by atoms with van der Waals surface area (Å²) in [5.74, 6) is -1.09. The highest BCUT2D eigenvalue weighted by atomic mass is 32.2. The molecule has 0 amide bonds. The molecule has 0 fully saturated rings. The molecule has 9 heteroatoms. The van der Waals surface area contributed by atoms with Gasteiger partial charge in [0.1, 0.15) is 0 Å². The maximum absolute atomic E-state index is 12.1. The highest BCUT2D eigenvalue weighted by Gasteiger charge is 2.18. The second-order valence-corrected chi connectivity index (χ2v) is 6.02. The van der Waals surface area contributed by atoms with Gasteiger partial charge in [-0.2, -0.15) is 0 Å². The van der Waals surface area contributed by atoms with Crippen molar-refractivity contribution in [3.05, 3.63) is 28.2 Å². The van der Waals surface area contributed by atoms with E-state index in [1.165, 1.54) is 6.07 Å². The van der Waals surface area contributed by atoms with Gasteiger partial charge in [-0.1, -0.05) is 0 Å². The zero-order valence-corrected chi connectivity index (χ0v) is 11.4. The molecule has 0 saturated carbocycles. The van der Waals surface area contributed by atoms with Crippen LogP contribution in [-0.2, 0) is 14.8 Å². The second kappa shape index (κ2) is 5.10. The number of imidazole rings is 1. The number of aromatic amines is 2. The van der Waals surface area contributed by atoms with Gasteiger partial charge in [0, 0.05) is 6.54 Å². The summed E-state index contributed by atoms with van der Waals surface area (Å²) in [5.41, 5.74) is 0.916. The van der Waals surface area contributed by atoms with Crippen LogP contribution < -0.4 is 10.4 Å². The van der Waals surface area contributed by atoms with Crippen LogP contribution in [0.15, 0.2) is 21.8 Å². The first-order chi connectivity index (χ1) is 9.29. The SMILES string of the molecule is Cc1cc2[nH]c(=O)[nH]c2cc1S(=O)(=O)NCCC(=O)O. The summed E-state index contributed by atoms with van der Waals surface area (Å²) in [6.45, 7) is 1.40. The van der Waals surface area contributed by atoms with Crippen molar-refractivity contribution in [2.75, 3.05) is 6.54 Å². The van der Waals surface area contributed by atoms with Crippen molar-refractivity contribution >= 4 is 27.0 Å². The van der Waals surface area contributed by atoms with Gasteiger partial charge < -0.3 is 15.1 Å². The molecule has 1 heterocycles. The number of hydrogen-bond donors (Lipinski definition) is 4. The van der Waals surface area contributed by atoms with E-state index < -0.39 is 21.7 Å². The van der Waals surface area contributed by atoms with Gasteiger partial charge in [0.25, 0.3) is 0 Å². The fourth-order valence-electron chi connectivity index (χ4n) is 1.83. The summed E-state index contributed by atoms with van der Waals surface area (Å²) in [5, 5.41) is 8.50. The minimum absolute atomic E-state index is 0.00522. The van der Waals surface area contributed by atoms with E-state index >= 15 is 0 Å². The van der Waals surface area contributed by atoms with Gasteiger partial charge in [-0.25, -0.2) is 17.9 Å². The van der Waals surface area contributed by atoms with Crippen molar-refractivity contribution in [2.24, 2.45) is 0 Å². The van der Waals surface area contributed by atoms with E-state index in [2.05, 4.69) is 14.7 Å². The average molecular weight is 299 g/mol. The predicted molar refractivity (Wildman–Crippen MR) is 71.1 cm³/mol. The minimum Gasteiger partial charge on any atom is -0.481 e. The molecule has 0 unspecified atom stereocenters. The Balaban J connectivity index is 2.37. The summed E-state index contributed by atoms with van der Waals surface area (Å²) in [6, 6.07) is 2.88. The molecule has 1 aromatic carbocycles. The topological polar surface area (TPSA) is 132 Å². The Kier molecular flexibility index (Phi) is 3.64. The highest BCUT2D eigenvalue weighted by Crippen LogP contribution is 2.20. The van der Waals surface area contributed by atoms with Crippen molar-refractivity contribution in [2.45, 2.75) is 18.2 Å². The van der Waals surface area contributed by atoms with Crippen LogP contribution in [0.1, 0.15) is 12.0 Å². The normalized spacial score (nSPS) is 11.8. The first-order valence-electron chi connectivity index (χ1n) is 5.74. The number of fused-ring (bicyclic) bond motifs is 1. The number of carboxylic acid groups (broad SMARTS) is 1. The lowest BCUT2D eigenvalue weighted by Crippen LogP contribution is -2.26. The van der Waals surface area contributed by atoms with Crippen LogP contribution in [0.4, 0.5) is 0 Å². The van der Waals surface area contributed by atoms with Gasteiger partial charge in [-0.3, -0.25) is 4.79 Å². The van der Waals surface area contributed by atoms with E-state index in [9.17, 15) is 18.0 Å². The standard InChI is InChI=1S/C11H13N3O5S/c1-6-4-7-8(14-11(17)13-7)5-9(6)20(18,19)12-3-2-10(15)16/h4-5,12H,2-3H2,1H3,(H,15,16)(H2,13,14,17). The van der Waals surface area contributed by atoms with Crippen LogP contribution in [0.5, 0.6) is 0 Å². The maximum atomic E-state index is 12.1. The number of nitrogens with one attached hydrogen (secondary N) is 3. The van der Waals surface area contributed by atoms with Crippen LogP contribution in [0.2, 0.25) is 0 Å². The summed E-state index contributed by atoms with van der Waals surface area (Å²) >= 11 is 0. The van der Waals surface area contributed by atoms with Gasteiger partial charge in [0.05, 0.1) is 22.3 Å². The lowest BCUT2D eigenvalue weighted by Gasteiger charge is -2.08. The largest absolute Gasteiger partial charge is 0.481 e. The summed E-state index contributed by atoms with van der Waals surface area (Å²) in [4.78, 5) is 26.6. The van der Waals surface area contributed by atoms with E-state index in [-0.39, 0.29) is 17.9 Å². The third-order valence-electron chi connectivity index (χ3n) is 2.73. The van der Waals surface area contributed by atoms with Gasteiger partial charge >= 0.3 is 11.7 Å². The quantitative estimate of drug-likeness (QED) is 0.613. The number of carbonyl (C=O) groups is 1. The van der Waals surface area contributed by atoms with E-state index in [0.29, 0.717) is 16.6 Å². The number of sulfonamides is 1. The minimum atomic E-state index is -3.82. The highest BCUT2D eigenvalue weighted by molar-refractivity contribution is 7.89. The number of aliphatic carboxylic acids is 1. The number of H-pyrrole nitrogens is 2. The average Bonchev–Trinajstić information content (AvgIpc) is 2.66. The Hall–Kier alpha value is -2.13. The molecule has 0 atom stereocenters. The summed E-state index contributed by atoms with van der Waals surface area (Å²) < 4.78 is 26.4. The lowest BCUT2D eigenvalue weighted by atomic mass is 10.2.